The number of ketones is 1. The van der Waals surface area contributed by atoms with Crippen LogP contribution in [0.2, 0.25) is 0 Å². The minimum atomic E-state index is -0.470. The van der Waals surface area contributed by atoms with Crippen LogP contribution in [0.3, 0.4) is 0 Å². The van der Waals surface area contributed by atoms with Crippen molar-refractivity contribution in [3.8, 4) is 11.3 Å². The zero-order valence-corrected chi connectivity index (χ0v) is 15.4. The van der Waals surface area contributed by atoms with Crippen molar-refractivity contribution < 1.29 is 18.4 Å². The molecule has 138 valence electrons. The van der Waals surface area contributed by atoms with Crippen molar-refractivity contribution in [3.63, 3.8) is 0 Å². The van der Waals surface area contributed by atoms with E-state index in [0.717, 1.165) is 0 Å². The molecule has 27 heavy (non-hydrogen) atoms. The lowest BCUT2D eigenvalue weighted by Gasteiger charge is -2.16. The Bertz CT molecular complexity index is 981. The maximum atomic E-state index is 13.8. The highest BCUT2D eigenvalue weighted by Gasteiger charge is 2.22. The van der Waals surface area contributed by atoms with Crippen LogP contribution in [0.4, 0.5) is 10.1 Å². The van der Waals surface area contributed by atoms with Gasteiger partial charge in [0.1, 0.15) is 11.6 Å². The zero-order chi connectivity index (χ0) is 19.6. The Labute approximate surface area is 157 Å². The molecule has 0 atom stereocenters. The van der Waals surface area contributed by atoms with Crippen LogP contribution in [-0.2, 0) is 0 Å². The third-order valence-electron chi connectivity index (χ3n) is 4.06. The van der Waals surface area contributed by atoms with E-state index in [1.165, 1.54) is 12.1 Å². The summed E-state index contributed by atoms with van der Waals surface area (Å²) in [6.45, 7) is 5.57. The third-order valence-corrected chi connectivity index (χ3v) is 4.06. The van der Waals surface area contributed by atoms with Crippen LogP contribution < -0.4 is 5.32 Å². The van der Waals surface area contributed by atoms with Gasteiger partial charge in [0.05, 0.1) is 5.56 Å². The van der Waals surface area contributed by atoms with Crippen LogP contribution in [0, 0.1) is 11.2 Å². The Morgan fingerprint density at radius 3 is 2.22 bits per heavy atom. The monoisotopic (exact) mass is 365 g/mol. The SMILES string of the molecule is CC(C)(C)C(=O)c1ccc(NC(=O)c2ccc(-c3ccccc3F)o2)cc1. The van der Waals surface area contributed by atoms with Crippen molar-refractivity contribution >= 4 is 17.4 Å². The Balaban J connectivity index is 1.73. The van der Waals surface area contributed by atoms with Gasteiger partial charge in [0.25, 0.3) is 5.91 Å². The average Bonchev–Trinajstić information content (AvgIpc) is 3.11. The number of hydrogen-bond acceptors (Lipinski definition) is 3. The number of anilines is 1. The summed E-state index contributed by atoms with van der Waals surface area (Å²) >= 11 is 0. The molecule has 5 heteroatoms. The molecule has 0 aliphatic carbocycles. The first-order valence-electron chi connectivity index (χ1n) is 8.56. The molecule has 4 nitrogen and oxygen atoms in total. The third kappa shape index (κ3) is 4.14. The van der Waals surface area contributed by atoms with Crippen LogP contribution in [0.25, 0.3) is 11.3 Å². The summed E-state index contributed by atoms with van der Waals surface area (Å²) in [5, 5.41) is 2.70. The lowest BCUT2D eigenvalue weighted by molar-refractivity contribution is 0.0858. The van der Waals surface area contributed by atoms with Crippen molar-refractivity contribution in [1.29, 1.82) is 0 Å². The van der Waals surface area contributed by atoms with Gasteiger partial charge in [0, 0.05) is 16.7 Å². The number of carbonyl (C=O) groups excluding carboxylic acids is 2. The van der Waals surface area contributed by atoms with Gasteiger partial charge in [-0.25, -0.2) is 4.39 Å². The predicted molar refractivity (Wildman–Crippen MR) is 102 cm³/mol. The molecule has 2 aromatic carbocycles. The summed E-state index contributed by atoms with van der Waals surface area (Å²) < 4.78 is 19.3. The normalized spacial score (nSPS) is 11.3. The fourth-order valence-corrected chi connectivity index (χ4v) is 2.60. The Hall–Kier alpha value is -3.21. The molecule has 0 aliphatic heterocycles. The second-order valence-electron chi connectivity index (χ2n) is 7.25. The number of Topliss-reactive ketones (excluding diaryl/α,β-unsaturated/α-hetero) is 1. The first-order valence-corrected chi connectivity index (χ1v) is 8.56. The fourth-order valence-electron chi connectivity index (χ4n) is 2.60. The van der Waals surface area contributed by atoms with Crippen LogP contribution in [0.5, 0.6) is 0 Å². The molecule has 1 heterocycles. The molecule has 0 saturated carbocycles. The van der Waals surface area contributed by atoms with Crippen LogP contribution in [0.1, 0.15) is 41.7 Å². The molecule has 0 fully saturated rings. The van der Waals surface area contributed by atoms with E-state index in [-0.39, 0.29) is 17.3 Å². The van der Waals surface area contributed by atoms with Gasteiger partial charge in [0.15, 0.2) is 11.5 Å². The minimum Gasteiger partial charge on any atom is -0.451 e. The van der Waals surface area contributed by atoms with E-state index in [0.29, 0.717) is 16.8 Å². The van der Waals surface area contributed by atoms with Gasteiger partial charge in [-0.2, -0.15) is 0 Å². The van der Waals surface area contributed by atoms with Crippen LogP contribution >= 0.6 is 0 Å². The van der Waals surface area contributed by atoms with Gasteiger partial charge in [0.2, 0.25) is 0 Å². The highest BCUT2D eigenvalue weighted by Crippen LogP contribution is 2.26. The number of rotatable bonds is 4. The fraction of sp³-hybridized carbons (Fsp3) is 0.182. The van der Waals surface area contributed by atoms with E-state index in [9.17, 15) is 14.0 Å². The predicted octanol–water partition coefficient (Wildman–Crippen LogP) is 5.57. The van der Waals surface area contributed by atoms with Crippen molar-refractivity contribution in [2.24, 2.45) is 5.41 Å². The van der Waals surface area contributed by atoms with Crippen LogP contribution in [0.15, 0.2) is 65.1 Å². The topological polar surface area (TPSA) is 59.3 Å². The molecule has 0 unspecified atom stereocenters. The number of carbonyl (C=O) groups is 2. The number of halogens is 1. The number of furan rings is 1. The maximum Gasteiger partial charge on any atom is 0.291 e. The van der Waals surface area contributed by atoms with Gasteiger partial charge < -0.3 is 9.73 Å². The van der Waals surface area contributed by atoms with E-state index in [1.807, 2.05) is 20.8 Å². The summed E-state index contributed by atoms with van der Waals surface area (Å²) in [6.07, 6.45) is 0. The molecule has 0 saturated heterocycles. The molecule has 1 amide bonds. The molecule has 1 N–H and O–H groups in total. The second kappa shape index (κ2) is 7.19. The molecule has 0 spiro atoms. The highest BCUT2D eigenvalue weighted by atomic mass is 19.1. The number of amides is 1. The van der Waals surface area contributed by atoms with Crippen molar-refractivity contribution in [3.05, 3.63) is 77.8 Å². The molecular formula is C22H20FNO3. The first kappa shape index (κ1) is 18.6. The molecule has 0 aliphatic rings. The highest BCUT2D eigenvalue weighted by molar-refractivity contribution is 6.03. The molecule has 0 radical (unpaired) electrons. The molecule has 3 aromatic rings. The summed E-state index contributed by atoms with van der Waals surface area (Å²) in [5.41, 5.74) is 0.943. The molecule has 0 bridgehead atoms. The molecule has 3 rings (SSSR count). The van der Waals surface area contributed by atoms with Gasteiger partial charge in [-0.15, -0.1) is 0 Å². The van der Waals surface area contributed by atoms with E-state index in [2.05, 4.69) is 5.32 Å². The Morgan fingerprint density at radius 1 is 0.926 bits per heavy atom. The summed E-state index contributed by atoms with van der Waals surface area (Å²) in [7, 11) is 0. The lowest BCUT2D eigenvalue weighted by Crippen LogP contribution is -2.20. The summed E-state index contributed by atoms with van der Waals surface area (Å²) in [4.78, 5) is 24.6. The van der Waals surface area contributed by atoms with Gasteiger partial charge >= 0.3 is 0 Å². The molecular weight excluding hydrogens is 345 g/mol. The van der Waals surface area contributed by atoms with E-state index >= 15 is 0 Å². The largest absolute Gasteiger partial charge is 0.451 e. The maximum absolute atomic E-state index is 13.8. The van der Waals surface area contributed by atoms with E-state index < -0.39 is 17.1 Å². The number of nitrogens with one attached hydrogen (secondary N) is 1. The quantitative estimate of drug-likeness (QED) is 0.615. The van der Waals surface area contributed by atoms with E-state index in [1.54, 1.807) is 48.5 Å². The van der Waals surface area contributed by atoms with Crippen molar-refractivity contribution in [2.45, 2.75) is 20.8 Å². The zero-order valence-electron chi connectivity index (χ0n) is 15.4. The van der Waals surface area contributed by atoms with Crippen molar-refractivity contribution in [2.75, 3.05) is 5.32 Å². The van der Waals surface area contributed by atoms with Gasteiger partial charge in [-0.1, -0.05) is 32.9 Å². The molecule has 1 aromatic heterocycles. The van der Waals surface area contributed by atoms with Crippen molar-refractivity contribution in [1.82, 2.24) is 0 Å². The standard InChI is InChI=1S/C22H20FNO3/c1-22(2,3)20(25)14-8-10-15(11-9-14)24-21(26)19-13-12-18(27-19)16-6-4-5-7-17(16)23/h4-13H,1-3H3,(H,24,26). The summed E-state index contributed by atoms with van der Waals surface area (Å²) in [5.74, 6) is -0.487. The Morgan fingerprint density at radius 2 is 1.59 bits per heavy atom. The number of benzene rings is 2. The summed E-state index contributed by atoms with van der Waals surface area (Å²) in [6, 6.07) is 15.9. The average molecular weight is 365 g/mol. The van der Waals surface area contributed by atoms with Gasteiger partial charge in [-0.3, -0.25) is 9.59 Å². The second-order valence-corrected chi connectivity index (χ2v) is 7.25. The first-order chi connectivity index (χ1) is 12.8. The number of hydrogen-bond donors (Lipinski definition) is 1. The smallest absolute Gasteiger partial charge is 0.291 e. The van der Waals surface area contributed by atoms with Gasteiger partial charge in [-0.05, 0) is 48.5 Å². The van der Waals surface area contributed by atoms with Crippen LogP contribution in [-0.4, -0.2) is 11.7 Å². The minimum absolute atomic E-state index is 0.0286. The lowest BCUT2D eigenvalue weighted by atomic mass is 9.86. The Kier molecular flexibility index (Phi) is 4.95. The van der Waals surface area contributed by atoms with E-state index in [4.69, 9.17) is 4.42 Å².